The number of ether oxygens (including phenoxy) is 1. The fourth-order valence-electron chi connectivity index (χ4n) is 2.77. The minimum atomic E-state index is -0.190. The molecule has 1 heterocycles. The Hall–Kier alpha value is -2.73. The Morgan fingerprint density at radius 2 is 1.77 bits per heavy atom. The first-order valence-electron chi connectivity index (χ1n) is 9.09. The first-order valence-corrected chi connectivity index (χ1v) is 10.7. The summed E-state index contributed by atoms with van der Waals surface area (Å²) < 4.78 is 5.97. The molecule has 1 aliphatic rings. The first kappa shape index (κ1) is 20.5. The maximum absolute atomic E-state index is 12.4. The van der Waals surface area contributed by atoms with E-state index in [0.717, 1.165) is 16.8 Å². The van der Waals surface area contributed by atoms with Gasteiger partial charge in [-0.05, 0) is 48.2 Å². The van der Waals surface area contributed by atoms with Crippen LogP contribution in [0.4, 0.5) is 5.69 Å². The molecule has 0 atom stereocenters. The summed E-state index contributed by atoms with van der Waals surface area (Å²) in [4.78, 5) is 17.4. The second-order valence-electron chi connectivity index (χ2n) is 6.38. The number of nitrogens with zero attached hydrogens (tertiary/aromatic N) is 1. The van der Waals surface area contributed by atoms with E-state index in [9.17, 15) is 4.79 Å². The number of aliphatic imine (C=N–C) groups is 1. The van der Waals surface area contributed by atoms with Gasteiger partial charge in [-0.3, -0.25) is 4.79 Å². The molecule has 0 aromatic heterocycles. The lowest BCUT2D eigenvalue weighted by molar-refractivity contribution is -0.115. The number of amides is 1. The lowest BCUT2D eigenvalue weighted by atomic mass is 10.2. The maximum Gasteiger partial charge on any atom is 0.264 e. The molecular weight excluding hydrogens is 439 g/mol. The van der Waals surface area contributed by atoms with Crippen LogP contribution in [0, 0.1) is 0 Å². The molecule has 30 heavy (non-hydrogen) atoms. The molecule has 1 fully saturated rings. The van der Waals surface area contributed by atoms with Crippen molar-refractivity contribution in [2.75, 3.05) is 0 Å². The van der Waals surface area contributed by atoms with Crippen LogP contribution < -0.4 is 10.1 Å². The van der Waals surface area contributed by atoms with Gasteiger partial charge in [-0.1, -0.05) is 65.7 Å². The average Bonchev–Trinajstić information content (AvgIpc) is 3.08. The number of rotatable bonds is 5. The number of hydrogen-bond donors (Lipinski definition) is 1. The molecule has 0 saturated carbocycles. The summed E-state index contributed by atoms with van der Waals surface area (Å²) in [7, 11) is 0. The molecular formula is C23H16Cl2N2O2S. The van der Waals surface area contributed by atoms with Crippen molar-refractivity contribution < 1.29 is 9.53 Å². The monoisotopic (exact) mass is 454 g/mol. The highest BCUT2D eigenvalue weighted by atomic mass is 35.5. The van der Waals surface area contributed by atoms with Gasteiger partial charge in [-0.25, -0.2) is 4.99 Å². The molecule has 0 spiro atoms. The summed E-state index contributed by atoms with van der Waals surface area (Å²) in [6.07, 6.45) is 1.80. The summed E-state index contributed by atoms with van der Waals surface area (Å²) in [5.41, 5.74) is 2.40. The Morgan fingerprint density at radius 3 is 2.57 bits per heavy atom. The van der Waals surface area contributed by atoms with Crippen LogP contribution in [0.1, 0.15) is 11.1 Å². The minimum absolute atomic E-state index is 0.190. The van der Waals surface area contributed by atoms with Gasteiger partial charge in [0.05, 0.1) is 10.6 Å². The third-order valence-corrected chi connectivity index (χ3v) is 5.74. The van der Waals surface area contributed by atoms with Crippen LogP contribution in [-0.2, 0) is 11.4 Å². The molecule has 4 nitrogen and oxygen atoms in total. The topological polar surface area (TPSA) is 50.7 Å². The quantitative estimate of drug-likeness (QED) is 0.449. The van der Waals surface area contributed by atoms with Crippen molar-refractivity contribution in [2.45, 2.75) is 6.61 Å². The molecule has 0 radical (unpaired) electrons. The Labute approximate surface area is 188 Å². The summed E-state index contributed by atoms with van der Waals surface area (Å²) >= 11 is 13.5. The van der Waals surface area contributed by atoms with Gasteiger partial charge in [0.2, 0.25) is 0 Å². The Kier molecular flexibility index (Phi) is 6.43. The lowest BCUT2D eigenvalue weighted by Crippen LogP contribution is -2.19. The molecule has 4 rings (SSSR count). The zero-order chi connectivity index (χ0) is 20.9. The SMILES string of the molecule is O=C1NC(=Nc2ccccc2)SC1=Cc1ccccc1OCc1ccc(Cl)cc1Cl. The summed E-state index contributed by atoms with van der Waals surface area (Å²) in [6.45, 7) is 0.288. The highest BCUT2D eigenvalue weighted by Crippen LogP contribution is 2.31. The van der Waals surface area contributed by atoms with Crippen molar-refractivity contribution >= 4 is 57.8 Å². The number of amidine groups is 1. The van der Waals surface area contributed by atoms with Gasteiger partial charge in [-0.15, -0.1) is 0 Å². The largest absolute Gasteiger partial charge is 0.488 e. The number of carbonyl (C=O) groups is 1. The number of nitrogens with one attached hydrogen (secondary N) is 1. The molecule has 7 heteroatoms. The molecule has 1 aliphatic heterocycles. The average molecular weight is 455 g/mol. The fraction of sp³-hybridized carbons (Fsp3) is 0.0435. The summed E-state index contributed by atoms with van der Waals surface area (Å²) in [5.74, 6) is 0.461. The lowest BCUT2D eigenvalue weighted by Gasteiger charge is -2.11. The Balaban J connectivity index is 1.53. The second kappa shape index (κ2) is 9.39. The van der Waals surface area contributed by atoms with Crippen LogP contribution >= 0.6 is 35.0 Å². The molecule has 1 saturated heterocycles. The zero-order valence-electron chi connectivity index (χ0n) is 15.6. The number of hydrogen-bond acceptors (Lipinski definition) is 4. The Morgan fingerprint density at radius 1 is 1.00 bits per heavy atom. The molecule has 150 valence electrons. The van der Waals surface area contributed by atoms with Gasteiger partial charge in [0.15, 0.2) is 5.17 Å². The van der Waals surface area contributed by atoms with E-state index in [4.69, 9.17) is 27.9 Å². The first-order chi connectivity index (χ1) is 14.6. The fourth-order valence-corrected chi connectivity index (χ4v) is 4.06. The van der Waals surface area contributed by atoms with Crippen molar-refractivity contribution in [2.24, 2.45) is 4.99 Å². The highest BCUT2D eigenvalue weighted by Gasteiger charge is 2.24. The number of halogens is 2. The van der Waals surface area contributed by atoms with E-state index in [1.807, 2.05) is 60.7 Å². The van der Waals surface area contributed by atoms with E-state index >= 15 is 0 Å². The van der Waals surface area contributed by atoms with Crippen molar-refractivity contribution in [1.82, 2.24) is 5.32 Å². The predicted octanol–water partition coefficient (Wildman–Crippen LogP) is 6.46. The van der Waals surface area contributed by atoms with Crippen LogP contribution in [0.15, 0.2) is 82.7 Å². The number of para-hydroxylation sites is 2. The van der Waals surface area contributed by atoms with E-state index in [1.165, 1.54) is 11.8 Å². The van der Waals surface area contributed by atoms with Crippen molar-refractivity contribution in [3.8, 4) is 5.75 Å². The van der Waals surface area contributed by atoms with Crippen LogP contribution in [0.2, 0.25) is 10.0 Å². The van der Waals surface area contributed by atoms with Crippen molar-refractivity contribution in [3.05, 3.63) is 98.9 Å². The third kappa shape index (κ3) is 5.05. The predicted molar refractivity (Wildman–Crippen MR) is 124 cm³/mol. The van der Waals surface area contributed by atoms with Crippen molar-refractivity contribution in [1.29, 1.82) is 0 Å². The van der Waals surface area contributed by atoms with Crippen LogP contribution in [-0.4, -0.2) is 11.1 Å². The number of carbonyl (C=O) groups excluding carboxylic acids is 1. The molecule has 0 aliphatic carbocycles. The van der Waals surface area contributed by atoms with Crippen molar-refractivity contribution in [3.63, 3.8) is 0 Å². The van der Waals surface area contributed by atoms with Gasteiger partial charge in [0.1, 0.15) is 12.4 Å². The van der Waals surface area contributed by atoms with Crippen LogP contribution in [0.3, 0.4) is 0 Å². The van der Waals surface area contributed by atoms with E-state index < -0.39 is 0 Å². The minimum Gasteiger partial charge on any atom is -0.488 e. The molecule has 3 aromatic rings. The highest BCUT2D eigenvalue weighted by molar-refractivity contribution is 8.18. The van der Waals surface area contributed by atoms with E-state index in [1.54, 1.807) is 18.2 Å². The molecule has 3 aromatic carbocycles. The molecule has 0 bridgehead atoms. The Bertz CT molecular complexity index is 1150. The van der Waals surface area contributed by atoms with E-state index in [2.05, 4.69) is 10.3 Å². The second-order valence-corrected chi connectivity index (χ2v) is 8.25. The maximum atomic E-state index is 12.4. The van der Waals surface area contributed by atoms with Gasteiger partial charge in [0.25, 0.3) is 5.91 Å². The third-order valence-electron chi connectivity index (χ3n) is 4.24. The van der Waals surface area contributed by atoms with Crippen LogP contribution in [0.5, 0.6) is 5.75 Å². The molecule has 1 N–H and O–H groups in total. The van der Waals surface area contributed by atoms with Gasteiger partial charge in [0, 0.05) is 21.2 Å². The number of thioether (sulfide) groups is 1. The normalized spacial score (nSPS) is 16.1. The standard InChI is InChI=1S/C23H16Cl2N2O2S/c24-17-11-10-16(19(25)13-17)14-29-20-9-5-4-6-15(20)12-21-22(28)27-23(30-21)26-18-7-2-1-3-8-18/h1-13H,14H2,(H,26,27,28). The van der Waals surface area contributed by atoms with Crippen LogP contribution in [0.25, 0.3) is 6.08 Å². The smallest absolute Gasteiger partial charge is 0.264 e. The van der Waals surface area contributed by atoms with E-state index in [0.29, 0.717) is 25.9 Å². The number of benzene rings is 3. The van der Waals surface area contributed by atoms with Gasteiger partial charge < -0.3 is 10.1 Å². The van der Waals surface area contributed by atoms with E-state index in [-0.39, 0.29) is 12.5 Å². The summed E-state index contributed by atoms with van der Waals surface area (Å²) in [6, 6.07) is 22.3. The zero-order valence-corrected chi connectivity index (χ0v) is 18.0. The molecule has 1 amide bonds. The summed E-state index contributed by atoms with van der Waals surface area (Å²) in [5, 5.41) is 4.47. The van der Waals surface area contributed by atoms with Gasteiger partial charge >= 0.3 is 0 Å². The molecule has 0 unspecified atom stereocenters. The van der Waals surface area contributed by atoms with Gasteiger partial charge in [-0.2, -0.15) is 0 Å².